The van der Waals surface area contributed by atoms with Crippen molar-refractivity contribution in [2.24, 2.45) is 5.84 Å². The summed E-state index contributed by atoms with van der Waals surface area (Å²) in [5.74, 6) is 5.12. The second-order valence-corrected chi connectivity index (χ2v) is 8.66. The lowest BCUT2D eigenvalue weighted by atomic mass is 9.77. The largest absolute Gasteiger partial charge is 0.310 e. The van der Waals surface area contributed by atoms with Gasteiger partial charge >= 0.3 is 0 Å². The van der Waals surface area contributed by atoms with Crippen molar-refractivity contribution < 1.29 is 4.79 Å². The minimum atomic E-state index is -0.271. The predicted molar refractivity (Wildman–Crippen MR) is 135 cm³/mol. The van der Waals surface area contributed by atoms with Gasteiger partial charge in [-0.15, -0.1) is 0 Å². The molecule has 4 nitrogen and oxygen atoms in total. The number of hydrazine groups is 1. The number of nitrogen functional groups attached to an aromatic ring is 1. The van der Waals surface area contributed by atoms with Gasteiger partial charge in [0.1, 0.15) is 0 Å². The number of carbonyl (C=O) groups excluding carboxylic acids is 1. The van der Waals surface area contributed by atoms with Crippen molar-refractivity contribution in [1.29, 1.82) is 0 Å². The molecule has 4 heteroatoms. The zero-order valence-electron chi connectivity index (χ0n) is 18.9. The van der Waals surface area contributed by atoms with Gasteiger partial charge in [0.15, 0.2) is 0 Å². The van der Waals surface area contributed by atoms with Gasteiger partial charge in [-0.25, -0.2) is 5.84 Å². The van der Waals surface area contributed by atoms with Crippen LogP contribution in [0.25, 0.3) is 11.1 Å². The van der Waals surface area contributed by atoms with Crippen LogP contribution in [0.1, 0.15) is 41.8 Å². The van der Waals surface area contributed by atoms with Gasteiger partial charge < -0.3 is 4.90 Å². The summed E-state index contributed by atoms with van der Waals surface area (Å²) in [6.45, 7) is 4.47. The molecule has 33 heavy (non-hydrogen) atoms. The molecule has 0 heterocycles. The number of nitrogens with one attached hydrogen (secondary N) is 1. The van der Waals surface area contributed by atoms with Gasteiger partial charge in [-0.1, -0.05) is 62.4 Å². The van der Waals surface area contributed by atoms with Crippen LogP contribution in [-0.2, 0) is 5.41 Å². The highest BCUT2D eigenvalue weighted by molar-refractivity contribution is 5.96. The smallest absolute Gasteiger partial charge is 0.265 e. The third kappa shape index (κ3) is 3.40. The second kappa shape index (κ2) is 8.23. The van der Waals surface area contributed by atoms with Crippen LogP contribution < -0.4 is 16.2 Å². The molecule has 0 saturated heterocycles. The minimum absolute atomic E-state index is 0.204. The fraction of sp³-hybridized carbons (Fsp3) is 0.138. The average molecular weight is 434 g/mol. The van der Waals surface area contributed by atoms with Crippen LogP contribution in [0.5, 0.6) is 0 Å². The number of amides is 1. The molecule has 1 amide bonds. The molecule has 0 aromatic heterocycles. The van der Waals surface area contributed by atoms with Gasteiger partial charge in [0.25, 0.3) is 5.91 Å². The normalized spacial score (nSPS) is 16.1. The highest BCUT2D eigenvalue weighted by atomic mass is 16.2. The van der Waals surface area contributed by atoms with E-state index in [2.05, 4.69) is 90.9 Å². The third-order valence-corrected chi connectivity index (χ3v) is 6.89. The zero-order chi connectivity index (χ0) is 23.0. The topological polar surface area (TPSA) is 58.4 Å². The van der Waals surface area contributed by atoms with Crippen molar-refractivity contribution in [2.75, 3.05) is 4.90 Å². The number of nitrogens with two attached hydrogens (primary N) is 1. The first-order chi connectivity index (χ1) is 16.1. The SMILES string of the molecule is CCC1(C)c2cc(C(=O)NN)ccc2-c2ccc(N(c3ccccc3)c3ccccc3)cc21. The molecule has 0 radical (unpaired) electrons. The van der Waals surface area contributed by atoms with Gasteiger partial charge in [-0.05, 0) is 77.2 Å². The fourth-order valence-corrected chi connectivity index (χ4v) is 4.95. The maximum absolute atomic E-state index is 12.2. The molecular weight excluding hydrogens is 406 g/mol. The van der Waals surface area contributed by atoms with Gasteiger partial charge in [-0.3, -0.25) is 10.2 Å². The van der Waals surface area contributed by atoms with E-state index in [1.54, 1.807) is 0 Å². The van der Waals surface area contributed by atoms with Crippen molar-refractivity contribution in [3.05, 3.63) is 114 Å². The number of carbonyl (C=O) groups is 1. The van der Waals surface area contributed by atoms with E-state index >= 15 is 0 Å². The lowest BCUT2D eigenvalue weighted by molar-refractivity contribution is 0.0953. The lowest BCUT2D eigenvalue weighted by Gasteiger charge is -2.29. The van der Waals surface area contributed by atoms with E-state index in [1.165, 1.54) is 22.3 Å². The van der Waals surface area contributed by atoms with Crippen molar-refractivity contribution in [1.82, 2.24) is 5.43 Å². The van der Waals surface area contributed by atoms with Gasteiger partial charge in [0.2, 0.25) is 0 Å². The van der Waals surface area contributed by atoms with E-state index in [-0.39, 0.29) is 11.3 Å². The fourth-order valence-electron chi connectivity index (χ4n) is 4.95. The van der Waals surface area contributed by atoms with E-state index in [4.69, 9.17) is 5.84 Å². The van der Waals surface area contributed by atoms with Gasteiger partial charge in [-0.2, -0.15) is 0 Å². The maximum Gasteiger partial charge on any atom is 0.265 e. The van der Waals surface area contributed by atoms with Crippen LogP contribution in [0.3, 0.4) is 0 Å². The Hall–Kier alpha value is -3.89. The van der Waals surface area contributed by atoms with Crippen LogP contribution >= 0.6 is 0 Å². The third-order valence-electron chi connectivity index (χ3n) is 6.89. The lowest BCUT2D eigenvalue weighted by Crippen LogP contribution is -2.30. The summed E-state index contributed by atoms with van der Waals surface area (Å²) in [6.07, 6.45) is 0.917. The maximum atomic E-state index is 12.2. The molecule has 4 aromatic carbocycles. The minimum Gasteiger partial charge on any atom is -0.310 e. The molecule has 0 saturated carbocycles. The number of rotatable bonds is 5. The average Bonchev–Trinajstić information content (AvgIpc) is 3.13. The number of para-hydroxylation sites is 2. The molecule has 1 unspecified atom stereocenters. The van der Waals surface area contributed by atoms with Gasteiger partial charge in [0, 0.05) is 28.0 Å². The van der Waals surface area contributed by atoms with Crippen molar-refractivity contribution in [3.63, 3.8) is 0 Å². The van der Waals surface area contributed by atoms with E-state index in [1.807, 2.05) is 30.3 Å². The summed E-state index contributed by atoms with van der Waals surface area (Å²) in [5.41, 5.74) is 10.8. The highest BCUT2D eigenvalue weighted by Crippen LogP contribution is 2.52. The van der Waals surface area contributed by atoms with Gasteiger partial charge in [0.05, 0.1) is 0 Å². The first kappa shape index (κ1) is 21.0. The molecule has 164 valence electrons. The summed E-state index contributed by atoms with van der Waals surface area (Å²) < 4.78 is 0. The number of nitrogens with zero attached hydrogens (tertiary/aromatic N) is 1. The Balaban J connectivity index is 1.68. The Morgan fingerprint density at radius 1 is 0.788 bits per heavy atom. The van der Waals surface area contributed by atoms with E-state index in [0.717, 1.165) is 23.5 Å². The monoisotopic (exact) mass is 433 g/mol. The number of fused-ring (bicyclic) bond motifs is 3. The van der Waals surface area contributed by atoms with Crippen molar-refractivity contribution in [2.45, 2.75) is 25.7 Å². The Labute approximate surface area is 194 Å². The second-order valence-electron chi connectivity index (χ2n) is 8.66. The molecule has 5 rings (SSSR count). The number of hydrogen-bond acceptors (Lipinski definition) is 3. The van der Waals surface area contributed by atoms with Crippen LogP contribution in [0.2, 0.25) is 0 Å². The predicted octanol–water partition coefficient (Wildman–Crippen LogP) is 6.46. The Morgan fingerprint density at radius 2 is 1.33 bits per heavy atom. The first-order valence-electron chi connectivity index (χ1n) is 11.3. The molecule has 4 aromatic rings. The van der Waals surface area contributed by atoms with Crippen LogP contribution in [-0.4, -0.2) is 5.91 Å². The molecule has 0 spiro atoms. The standard InChI is InChI=1S/C29H27N3O/c1-3-29(2)26-18-20(28(33)31-30)14-16-24(26)25-17-15-23(19-27(25)29)32(21-10-6-4-7-11-21)22-12-8-5-9-13-22/h4-19H,3,30H2,1-2H3,(H,31,33). The zero-order valence-corrected chi connectivity index (χ0v) is 18.9. The summed E-state index contributed by atoms with van der Waals surface area (Å²) >= 11 is 0. The first-order valence-corrected chi connectivity index (χ1v) is 11.3. The van der Waals surface area contributed by atoms with Crippen LogP contribution in [0, 0.1) is 0 Å². The molecule has 3 N–H and O–H groups in total. The molecular formula is C29H27N3O. The number of hydrogen-bond donors (Lipinski definition) is 2. The molecule has 0 aliphatic heterocycles. The van der Waals surface area contributed by atoms with E-state index in [0.29, 0.717) is 5.56 Å². The van der Waals surface area contributed by atoms with Crippen LogP contribution in [0.15, 0.2) is 97.1 Å². The number of anilines is 3. The summed E-state index contributed by atoms with van der Waals surface area (Å²) in [4.78, 5) is 14.5. The Kier molecular flexibility index (Phi) is 5.23. The molecule has 1 aliphatic rings. The van der Waals surface area contributed by atoms with Crippen molar-refractivity contribution >= 4 is 23.0 Å². The summed E-state index contributed by atoms with van der Waals surface area (Å²) in [6, 6.07) is 33.4. The highest BCUT2D eigenvalue weighted by Gasteiger charge is 2.39. The Bertz CT molecular complexity index is 1280. The summed E-state index contributed by atoms with van der Waals surface area (Å²) in [5, 5.41) is 0. The summed E-state index contributed by atoms with van der Waals surface area (Å²) in [7, 11) is 0. The van der Waals surface area contributed by atoms with E-state index in [9.17, 15) is 4.79 Å². The number of benzene rings is 4. The van der Waals surface area contributed by atoms with Crippen LogP contribution in [0.4, 0.5) is 17.1 Å². The van der Waals surface area contributed by atoms with Crippen molar-refractivity contribution in [3.8, 4) is 11.1 Å². The molecule has 0 bridgehead atoms. The molecule has 1 atom stereocenters. The quantitative estimate of drug-likeness (QED) is 0.216. The molecule has 1 aliphatic carbocycles. The molecule has 0 fully saturated rings. The Morgan fingerprint density at radius 3 is 1.88 bits per heavy atom. The van der Waals surface area contributed by atoms with E-state index < -0.39 is 0 Å².